The fourth-order valence-electron chi connectivity index (χ4n) is 4.81. The average molecular weight is 477 g/mol. The lowest BCUT2D eigenvalue weighted by Gasteiger charge is -2.25. The Morgan fingerprint density at radius 3 is 2.62 bits per heavy atom. The van der Waals surface area contributed by atoms with Crippen molar-refractivity contribution in [2.24, 2.45) is 0 Å². The van der Waals surface area contributed by atoms with Crippen molar-refractivity contribution in [2.75, 3.05) is 25.5 Å². The topological polar surface area (TPSA) is 69.5 Å². The summed E-state index contributed by atoms with van der Waals surface area (Å²) in [5, 5.41) is 9.73. The minimum absolute atomic E-state index is 0.0688. The number of hydrogen-bond donors (Lipinski definition) is 0. The molecule has 0 radical (unpaired) electrons. The Morgan fingerprint density at radius 2 is 1.79 bits per heavy atom. The quantitative estimate of drug-likeness (QED) is 0.478. The minimum Gasteiger partial charge on any atom is -0.490 e. The van der Waals surface area contributed by atoms with Gasteiger partial charge in [-0.2, -0.15) is 0 Å². The molecule has 2 fully saturated rings. The van der Waals surface area contributed by atoms with Crippen molar-refractivity contribution in [3.8, 4) is 17.2 Å². The zero-order valence-electron chi connectivity index (χ0n) is 19.1. The van der Waals surface area contributed by atoms with Crippen LogP contribution in [-0.2, 0) is 4.79 Å². The molecule has 3 aromatic rings. The Bertz CT molecular complexity index is 1180. The lowest BCUT2D eigenvalue weighted by Crippen LogP contribution is -2.32. The molecule has 0 bridgehead atoms. The first kappa shape index (κ1) is 21.5. The summed E-state index contributed by atoms with van der Waals surface area (Å²) in [6, 6.07) is 16.4. The van der Waals surface area contributed by atoms with E-state index in [1.54, 1.807) is 0 Å². The lowest BCUT2D eigenvalue weighted by molar-refractivity contribution is -0.129. The number of likely N-dealkylation sites (tertiary alicyclic amines) is 1. The van der Waals surface area contributed by atoms with E-state index < -0.39 is 0 Å². The zero-order chi connectivity index (χ0) is 22.9. The molecule has 1 aromatic heterocycles. The SMILES string of the molecule is O=C(CSc1nnc(C2CC2)n1-c1ccccc1)N1CCC[C@@H]1c1ccc2c(c1)OCCCO2. The summed E-state index contributed by atoms with van der Waals surface area (Å²) in [4.78, 5) is 15.3. The van der Waals surface area contributed by atoms with Gasteiger partial charge in [0, 0.05) is 24.6 Å². The molecule has 8 heteroatoms. The highest BCUT2D eigenvalue weighted by Crippen LogP contribution is 2.42. The van der Waals surface area contributed by atoms with Crippen LogP contribution in [0.1, 0.15) is 55.5 Å². The number of carbonyl (C=O) groups is 1. The second kappa shape index (κ2) is 9.33. The van der Waals surface area contributed by atoms with E-state index in [9.17, 15) is 4.79 Å². The molecule has 1 aliphatic carbocycles. The zero-order valence-corrected chi connectivity index (χ0v) is 19.9. The van der Waals surface area contributed by atoms with E-state index in [1.165, 1.54) is 11.8 Å². The van der Waals surface area contributed by atoms with Gasteiger partial charge in [-0.25, -0.2) is 0 Å². The molecule has 34 heavy (non-hydrogen) atoms. The van der Waals surface area contributed by atoms with Gasteiger partial charge in [-0.15, -0.1) is 10.2 Å². The van der Waals surface area contributed by atoms with Gasteiger partial charge in [0.1, 0.15) is 5.82 Å². The van der Waals surface area contributed by atoms with Gasteiger partial charge in [-0.1, -0.05) is 36.0 Å². The molecule has 6 rings (SSSR count). The van der Waals surface area contributed by atoms with Crippen molar-refractivity contribution in [1.29, 1.82) is 0 Å². The Hall–Kier alpha value is -3.00. The molecule has 1 saturated heterocycles. The van der Waals surface area contributed by atoms with E-state index in [-0.39, 0.29) is 11.9 Å². The van der Waals surface area contributed by atoms with Crippen molar-refractivity contribution < 1.29 is 14.3 Å². The molecule has 3 aliphatic rings. The van der Waals surface area contributed by atoms with E-state index in [1.807, 2.05) is 29.2 Å². The van der Waals surface area contributed by atoms with E-state index >= 15 is 0 Å². The van der Waals surface area contributed by atoms with E-state index in [2.05, 4.69) is 39.0 Å². The summed E-state index contributed by atoms with van der Waals surface area (Å²) in [5.74, 6) is 3.53. The van der Waals surface area contributed by atoms with Gasteiger partial charge in [0.2, 0.25) is 5.91 Å². The fraction of sp³-hybridized carbons (Fsp3) is 0.423. The number of aromatic nitrogens is 3. The molecule has 1 saturated carbocycles. The maximum atomic E-state index is 13.3. The number of benzene rings is 2. The number of hydrogen-bond acceptors (Lipinski definition) is 6. The largest absolute Gasteiger partial charge is 0.490 e. The van der Waals surface area contributed by atoms with Crippen molar-refractivity contribution in [3.63, 3.8) is 0 Å². The van der Waals surface area contributed by atoms with Gasteiger partial charge in [0.05, 0.1) is 25.0 Å². The molecule has 2 aromatic carbocycles. The molecule has 0 unspecified atom stereocenters. The molecule has 3 heterocycles. The van der Waals surface area contributed by atoms with Crippen LogP contribution in [-0.4, -0.2) is 51.1 Å². The second-order valence-corrected chi connectivity index (χ2v) is 10.0. The van der Waals surface area contributed by atoms with Crippen molar-refractivity contribution in [2.45, 2.75) is 49.2 Å². The van der Waals surface area contributed by atoms with Crippen LogP contribution in [0.25, 0.3) is 5.69 Å². The molecule has 0 spiro atoms. The predicted octanol–water partition coefficient (Wildman–Crippen LogP) is 4.76. The number of nitrogens with zero attached hydrogens (tertiary/aromatic N) is 4. The third-order valence-electron chi connectivity index (χ3n) is 6.67. The lowest BCUT2D eigenvalue weighted by atomic mass is 10.0. The van der Waals surface area contributed by atoms with E-state index in [4.69, 9.17) is 9.47 Å². The smallest absolute Gasteiger partial charge is 0.233 e. The minimum atomic E-state index is 0.0688. The normalized spacial score (nSPS) is 19.8. The third kappa shape index (κ3) is 4.27. The Kier molecular flexibility index (Phi) is 5.91. The number of thioether (sulfide) groups is 1. The average Bonchev–Trinajstić information content (AvgIpc) is 3.52. The summed E-state index contributed by atoms with van der Waals surface area (Å²) in [6.45, 7) is 2.11. The molecule has 7 nitrogen and oxygen atoms in total. The summed E-state index contributed by atoms with van der Waals surface area (Å²) >= 11 is 1.48. The highest BCUT2D eigenvalue weighted by atomic mass is 32.2. The fourth-order valence-corrected chi connectivity index (χ4v) is 5.65. The van der Waals surface area contributed by atoms with Gasteiger partial charge in [0.25, 0.3) is 0 Å². The van der Waals surface area contributed by atoms with Crippen molar-refractivity contribution in [1.82, 2.24) is 19.7 Å². The maximum absolute atomic E-state index is 13.3. The van der Waals surface area contributed by atoms with Crippen molar-refractivity contribution >= 4 is 17.7 Å². The number of rotatable bonds is 6. The molecular formula is C26H28N4O3S. The predicted molar refractivity (Wildman–Crippen MR) is 130 cm³/mol. The van der Waals surface area contributed by atoms with E-state index in [0.29, 0.717) is 24.9 Å². The number of amides is 1. The first-order valence-electron chi connectivity index (χ1n) is 12.1. The molecule has 176 valence electrons. The highest BCUT2D eigenvalue weighted by Gasteiger charge is 2.33. The van der Waals surface area contributed by atoms with Crippen LogP contribution in [0.4, 0.5) is 0 Å². The van der Waals surface area contributed by atoms with Crippen LogP contribution < -0.4 is 9.47 Å². The first-order chi connectivity index (χ1) is 16.8. The molecule has 1 atom stereocenters. The Labute approximate surface area is 203 Å². The van der Waals surface area contributed by atoms with E-state index in [0.717, 1.165) is 72.4 Å². The highest BCUT2D eigenvalue weighted by molar-refractivity contribution is 7.99. The number of para-hydroxylation sites is 1. The molecule has 0 N–H and O–H groups in total. The van der Waals surface area contributed by atoms with Gasteiger partial charge in [-0.3, -0.25) is 9.36 Å². The molecule has 1 amide bonds. The van der Waals surface area contributed by atoms with Crippen LogP contribution in [0.3, 0.4) is 0 Å². The van der Waals surface area contributed by atoms with Crippen molar-refractivity contribution in [3.05, 3.63) is 59.9 Å². The molecular weight excluding hydrogens is 448 g/mol. The number of ether oxygens (including phenoxy) is 2. The van der Waals surface area contributed by atoms with Crippen LogP contribution in [0.5, 0.6) is 11.5 Å². The standard InChI is InChI=1S/C26H28N4O3S/c31-24(17-34-26-28-27-25(18-9-10-18)30(26)20-6-2-1-3-7-20)29-13-4-8-21(29)19-11-12-22-23(16-19)33-15-5-14-32-22/h1-3,6-7,11-12,16,18,21H,4-5,8-10,13-15,17H2/t21-/m1/s1. The second-order valence-electron chi connectivity index (χ2n) is 9.08. The molecule has 2 aliphatic heterocycles. The van der Waals surface area contributed by atoms with Gasteiger partial charge in [-0.05, 0) is 55.5 Å². The van der Waals surface area contributed by atoms with Gasteiger partial charge < -0.3 is 14.4 Å². The third-order valence-corrected chi connectivity index (χ3v) is 7.58. The number of fused-ring (bicyclic) bond motifs is 1. The van der Waals surface area contributed by atoms with Crippen LogP contribution in [0.15, 0.2) is 53.7 Å². The van der Waals surface area contributed by atoms with Gasteiger partial charge in [0.15, 0.2) is 16.7 Å². The van der Waals surface area contributed by atoms with Crippen LogP contribution in [0, 0.1) is 0 Å². The Morgan fingerprint density at radius 1 is 0.971 bits per heavy atom. The summed E-state index contributed by atoms with van der Waals surface area (Å²) in [6.07, 6.45) is 5.15. The Balaban J connectivity index is 1.18. The first-order valence-corrected chi connectivity index (χ1v) is 13.1. The van der Waals surface area contributed by atoms with Crippen LogP contribution >= 0.6 is 11.8 Å². The van der Waals surface area contributed by atoms with Crippen LogP contribution in [0.2, 0.25) is 0 Å². The maximum Gasteiger partial charge on any atom is 0.233 e. The number of carbonyl (C=O) groups excluding carboxylic acids is 1. The summed E-state index contributed by atoms with van der Waals surface area (Å²) < 4.78 is 13.8. The summed E-state index contributed by atoms with van der Waals surface area (Å²) in [7, 11) is 0. The monoisotopic (exact) mass is 476 g/mol. The summed E-state index contributed by atoms with van der Waals surface area (Å²) in [5.41, 5.74) is 2.17. The van der Waals surface area contributed by atoms with Gasteiger partial charge >= 0.3 is 0 Å².